The lowest BCUT2D eigenvalue weighted by Gasteiger charge is -2.23. The van der Waals surface area contributed by atoms with Gasteiger partial charge in [-0.1, -0.05) is 72.8 Å². The van der Waals surface area contributed by atoms with Crippen molar-refractivity contribution in [1.29, 1.82) is 0 Å². The summed E-state index contributed by atoms with van der Waals surface area (Å²) in [6.45, 7) is 15.8. The third-order valence-corrected chi connectivity index (χ3v) is 7.68. The first kappa shape index (κ1) is 50.4. The Morgan fingerprint density at radius 2 is 0.836 bits per heavy atom. The molecule has 61 heavy (non-hydrogen) atoms. The van der Waals surface area contributed by atoms with Crippen molar-refractivity contribution >= 4 is 47.0 Å². The second-order valence-electron chi connectivity index (χ2n) is 16.7. The zero-order valence-corrected chi connectivity index (χ0v) is 36.1. The zero-order valence-electron chi connectivity index (χ0n) is 36.1. The number of hydrogen-bond donors (Lipinski definition) is 6. The molecule has 3 aromatic carbocycles. The molecule has 0 aliphatic rings. The summed E-state index contributed by atoms with van der Waals surface area (Å²) in [5.74, 6) is -2.97. The minimum atomic E-state index is -1.00. The molecule has 0 saturated carbocycles. The van der Waals surface area contributed by atoms with Crippen LogP contribution in [-0.4, -0.2) is 73.3 Å². The maximum atomic E-state index is 11.9. The van der Waals surface area contributed by atoms with Crippen LogP contribution in [0.2, 0.25) is 0 Å². The van der Waals surface area contributed by atoms with E-state index in [1.807, 2.05) is 30.3 Å². The van der Waals surface area contributed by atoms with Crippen LogP contribution < -0.4 is 16.0 Å². The summed E-state index contributed by atoms with van der Waals surface area (Å²) in [5, 5.41) is 36.6. The van der Waals surface area contributed by atoms with Gasteiger partial charge in [-0.2, -0.15) is 0 Å². The van der Waals surface area contributed by atoms with E-state index in [0.29, 0.717) is 5.56 Å². The molecular formula is C45H58N4O12. The molecule has 0 saturated heterocycles. The number of nitrogens with one attached hydrogen (secondary N) is 3. The summed E-state index contributed by atoms with van der Waals surface area (Å²) in [5.41, 5.74) is 0.277. The molecule has 0 spiro atoms. The summed E-state index contributed by atoms with van der Waals surface area (Å²) in [6, 6.07) is 23.4. The van der Waals surface area contributed by atoms with Crippen molar-refractivity contribution in [3.05, 3.63) is 114 Å². The Kier molecular flexibility index (Phi) is 19.2. The fourth-order valence-corrected chi connectivity index (χ4v) is 5.32. The maximum Gasteiger partial charge on any atom is 0.408 e. The Morgan fingerprint density at radius 3 is 1.16 bits per heavy atom. The monoisotopic (exact) mass is 846 g/mol. The second kappa shape index (κ2) is 23.2. The van der Waals surface area contributed by atoms with Gasteiger partial charge in [0.05, 0.1) is 37.4 Å². The van der Waals surface area contributed by atoms with Crippen LogP contribution in [-0.2, 0) is 28.6 Å². The van der Waals surface area contributed by atoms with Crippen molar-refractivity contribution in [3.8, 4) is 0 Å². The topological polar surface area (TPSA) is 240 Å². The predicted octanol–water partition coefficient (Wildman–Crippen LogP) is 8.73. The number of carboxylic acids is 3. The quantitative estimate of drug-likeness (QED) is 0.0732. The molecule has 0 aliphatic heterocycles. The van der Waals surface area contributed by atoms with E-state index < -0.39 is 71.1 Å². The number of ether oxygens (including phenoxy) is 3. The minimum absolute atomic E-state index is 0.191. The number of carboxylic acid groups (broad SMARTS) is 3. The molecule has 330 valence electrons. The van der Waals surface area contributed by atoms with E-state index in [0.717, 1.165) is 21.9 Å². The minimum Gasteiger partial charge on any atom is -0.481 e. The number of hydrogen-bond acceptors (Lipinski definition) is 10. The lowest BCUT2D eigenvalue weighted by atomic mass is 10.0. The van der Waals surface area contributed by atoms with Gasteiger partial charge in [-0.25, -0.2) is 14.4 Å². The number of benzene rings is 3. The normalized spacial score (nSPS) is 12.6. The number of amides is 3. The lowest BCUT2D eigenvalue weighted by molar-refractivity contribution is -0.138. The third-order valence-electron chi connectivity index (χ3n) is 7.68. The average Bonchev–Trinajstić information content (AvgIpc) is 3.12. The number of aromatic nitrogens is 1. The van der Waals surface area contributed by atoms with Gasteiger partial charge in [-0.3, -0.25) is 19.4 Å². The van der Waals surface area contributed by atoms with Crippen LogP contribution in [0.5, 0.6) is 0 Å². The Balaban J connectivity index is 0.000000318. The molecule has 4 aromatic rings. The van der Waals surface area contributed by atoms with Crippen LogP contribution >= 0.6 is 0 Å². The van der Waals surface area contributed by atoms with E-state index in [9.17, 15) is 28.8 Å². The number of aliphatic carboxylic acids is 3. The molecule has 0 bridgehead atoms. The standard InChI is InChI=1S/C17H20N2O4.2C14H19NO4/c1-17(2,3)23-16(22)19-14(9-15(20)21)12-5-4-11-6-7-18-10-13(11)8-12;2*1-14(2,3)19-13(18)15-11(9-12(16)17)10-7-5-4-6-8-10/h4-8,10,14H,9H2,1-3H3,(H,19,22)(H,20,21);2*4-8,11H,9H2,1-3H3,(H,15,18)(H,16,17). The highest BCUT2D eigenvalue weighted by atomic mass is 16.6. The van der Waals surface area contributed by atoms with Crippen LogP contribution in [0.1, 0.15) is 116 Å². The zero-order chi connectivity index (χ0) is 46.0. The van der Waals surface area contributed by atoms with Gasteiger partial charge in [0.1, 0.15) is 16.8 Å². The van der Waals surface area contributed by atoms with Crippen molar-refractivity contribution in [2.75, 3.05) is 0 Å². The van der Waals surface area contributed by atoms with Crippen LogP contribution in [0.25, 0.3) is 10.8 Å². The highest BCUT2D eigenvalue weighted by Crippen LogP contribution is 2.24. The van der Waals surface area contributed by atoms with Crippen molar-refractivity contribution in [1.82, 2.24) is 20.9 Å². The number of pyridine rings is 1. The molecule has 0 aliphatic carbocycles. The van der Waals surface area contributed by atoms with Gasteiger partial charge in [0.25, 0.3) is 0 Å². The summed E-state index contributed by atoms with van der Waals surface area (Å²) >= 11 is 0. The van der Waals surface area contributed by atoms with E-state index in [4.69, 9.17) is 29.5 Å². The van der Waals surface area contributed by atoms with E-state index >= 15 is 0 Å². The molecule has 3 atom stereocenters. The van der Waals surface area contributed by atoms with Gasteiger partial charge >= 0.3 is 36.2 Å². The number of rotatable bonds is 12. The van der Waals surface area contributed by atoms with Gasteiger partial charge in [0, 0.05) is 17.8 Å². The van der Waals surface area contributed by atoms with Gasteiger partial charge in [0.15, 0.2) is 0 Å². The first-order chi connectivity index (χ1) is 28.3. The average molecular weight is 847 g/mol. The van der Waals surface area contributed by atoms with E-state index in [1.54, 1.807) is 129 Å². The second-order valence-corrected chi connectivity index (χ2v) is 16.7. The molecule has 16 heteroatoms. The van der Waals surface area contributed by atoms with Gasteiger partial charge in [0.2, 0.25) is 0 Å². The highest BCUT2D eigenvalue weighted by molar-refractivity contribution is 5.83. The van der Waals surface area contributed by atoms with Gasteiger partial charge in [-0.15, -0.1) is 0 Å². The number of alkyl carbamates (subject to hydrolysis) is 3. The Bertz CT molecular complexity index is 1970. The van der Waals surface area contributed by atoms with E-state index in [1.165, 1.54) is 0 Å². The van der Waals surface area contributed by atoms with E-state index in [-0.39, 0.29) is 19.3 Å². The summed E-state index contributed by atoms with van der Waals surface area (Å²) in [6.07, 6.45) is 0.886. The predicted molar refractivity (Wildman–Crippen MR) is 228 cm³/mol. The Morgan fingerprint density at radius 1 is 0.492 bits per heavy atom. The molecular weight excluding hydrogens is 789 g/mol. The number of fused-ring (bicyclic) bond motifs is 1. The van der Waals surface area contributed by atoms with Crippen LogP contribution in [0.4, 0.5) is 14.4 Å². The molecule has 3 unspecified atom stereocenters. The van der Waals surface area contributed by atoms with E-state index in [2.05, 4.69) is 20.9 Å². The Labute approximate surface area is 356 Å². The van der Waals surface area contributed by atoms with Gasteiger partial charge in [-0.05, 0) is 96.5 Å². The number of carbonyl (C=O) groups is 6. The molecule has 1 heterocycles. The summed E-state index contributed by atoms with van der Waals surface area (Å²) in [7, 11) is 0. The Hall–Kier alpha value is -6.71. The molecule has 6 N–H and O–H groups in total. The van der Waals surface area contributed by atoms with Crippen molar-refractivity contribution < 1.29 is 58.3 Å². The summed E-state index contributed by atoms with van der Waals surface area (Å²) < 4.78 is 15.5. The molecule has 3 amide bonds. The maximum absolute atomic E-state index is 11.9. The fourth-order valence-electron chi connectivity index (χ4n) is 5.32. The van der Waals surface area contributed by atoms with Crippen LogP contribution in [0, 0.1) is 0 Å². The first-order valence-electron chi connectivity index (χ1n) is 19.4. The van der Waals surface area contributed by atoms with Crippen molar-refractivity contribution in [2.45, 2.75) is 117 Å². The smallest absolute Gasteiger partial charge is 0.408 e. The molecule has 0 radical (unpaired) electrons. The van der Waals surface area contributed by atoms with Crippen LogP contribution in [0.15, 0.2) is 97.3 Å². The largest absolute Gasteiger partial charge is 0.481 e. The van der Waals surface area contributed by atoms with Crippen LogP contribution in [0.3, 0.4) is 0 Å². The van der Waals surface area contributed by atoms with Gasteiger partial charge < -0.3 is 45.5 Å². The highest BCUT2D eigenvalue weighted by Gasteiger charge is 2.25. The number of carbonyl (C=O) groups excluding carboxylic acids is 3. The van der Waals surface area contributed by atoms with Crippen molar-refractivity contribution in [2.24, 2.45) is 0 Å². The molecule has 0 fully saturated rings. The third kappa shape index (κ3) is 21.7. The fraction of sp³-hybridized carbons (Fsp3) is 0.400. The van der Waals surface area contributed by atoms with Crippen molar-refractivity contribution in [3.63, 3.8) is 0 Å². The SMILES string of the molecule is CC(C)(C)OC(=O)NC(CC(=O)O)c1ccc2ccncc2c1.CC(C)(C)OC(=O)NC(CC(=O)O)c1ccccc1.CC(C)(C)OC(=O)NC(CC(=O)O)c1ccccc1. The molecule has 4 rings (SSSR count). The molecule has 16 nitrogen and oxygen atoms in total. The first-order valence-corrected chi connectivity index (χ1v) is 19.4. The number of nitrogens with zero attached hydrogens (tertiary/aromatic N) is 1. The lowest BCUT2D eigenvalue weighted by Crippen LogP contribution is -2.35. The summed E-state index contributed by atoms with van der Waals surface area (Å²) in [4.78, 5) is 72.2. The molecule has 1 aromatic heterocycles.